The van der Waals surface area contributed by atoms with Crippen LogP contribution in [-0.2, 0) is 4.79 Å². The molecule has 1 amide bonds. The molecular formula is C16H25ClN2O3. The van der Waals surface area contributed by atoms with Crippen LogP contribution in [-0.4, -0.2) is 32.2 Å². The topological polar surface area (TPSA) is 59.6 Å². The van der Waals surface area contributed by atoms with Gasteiger partial charge in [-0.3, -0.25) is 4.79 Å². The summed E-state index contributed by atoms with van der Waals surface area (Å²) >= 11 is 0. The number of rotatable bonds is 5. The maximum Gasteiger partial charge on any atom is 0.227 e. The molecule has 1 aromatic rings. The number of ether oxygens (including phenoxy) is 2. The summed E-state index contributed by atoms with van der Waals surface area (Å²) in [6, 6.07) is 5.83. The van der Waals surface area contributed by atoms with Gasteiger partial charge in [-0.2, -0.15) is 0 Å². The maximum atomic E-state index is 12.4. The van der Waals surface area contributed by atoms with E-state index in [2.05, 4.69) is 17.6 Å². The van der Waals surface area contributed by atoms with E-state index in [1.807, 2.05) is 19.1 Å². The number of halogens is 1. The standard InChI is InChI=1S/C16H24N2O3.ClH/c1-4-21-15-6-5-13(20-3)10-14(15)18-16(19)12-7-8-17-11(2)9-12;/h5-6,10-12,17H,4,7-9H2,1-3H3,(H,18,19);1H/t11-,12-;/m0./s1. The second-order valence-electron chi connectivity index (χ2n) is 5.36. The second-order valence-corrected chi connectivity index (χ2v) is 5.36. The number of anilines is 1. The fourth-order valence-corrected chi connectivity index (χ4v) is 2.62. The van der Waals surface area contributed by atoms with Gasteiger partial charge in [-0.05, 0) is 45.4 Å². The zero-order chi connectivity index (χ0) is 15.2. The molecular weight excluding hydrogens is 304 g/mol. The number of carbonyl (C=O) groups is 1. The third-order valence-corrected chi connectivity index (χ3v) is 3.74. The molecule has 1 aromatic carbocycles. The van der Waals surface area contributed by atoms with Crippen molar-refractivity contribution in [1.29, 1.82) is 0 Å². The van der Waals surface area contributed by atoms with Gasteiger partial charge in [-0.1, -0.05) is 0 Å². The van der Waals surface area contributed by atoms with E-state index in [0.29, 0.717) is 29.8 Å². The van der Waals surface area contributed by atoms with Crippen LogP contribution in [0.1, 0.15) is 26.7 Å². The minimum atomic E-state index is 0. The molecule has 1 aliphatic heterocycles. The van der Waals surface area contributed by atoms with Crippen molar-refractivity contribution in [2.75, 3.05) is 25.6 Å². The van der Waals surface area contributed by atoms with Crippen LogP contribution >= 0.6 is 12.4 Å². The smallest absolute Gasteiger partial charge is 0.227 e. The Labute approximate surface area is 138 Å². The van der Waals surface area contributed by atoms with Crippen LogP contribution < -0.4 is 20.1 Å². The van der Waals surface area contributed by atoms with E-state index in [0.717, 1.165) is 19.4 Å². The molecule has 2 rings (SSSR count). The summed E-state index contributed by atoms with van der Waals surface area (Å²) in [6.07, 6.45) is 1.73. The number of nitrogens with one attached hydrogen (secondary N) is 2. The molecule has 0 saturated carbocycles. The number of hydrogen-bond donors (Lipinski definition) is 2. The van der Waals surface area contributed by atoms with Crippen molar-refractivity contribution in [2.24, 2.45) is 5.92 Å². The van der Waals surface area contributed by atoms with Gasteiger partial charge in [0.2, 0.25) is 5.91 Å². The van der Waals surface area contributed by atoms with Crippen molar-refractivity contribution < 1.29 is 14.3 Å². The van der Waals surface area contributed by atoms with Gasteiger partial charge in [0.05, 0.1) is 19.4 Å². The molecule has 0 spiro atoms. The molecule has 22 heavy (non-hydrogen) atoms. The van der Waals surface area contributed by atoms with E-state index >= 15 is 0 Å². The Bertz CT molecular complexity index is 496. The molecule has 1 heterocycles. The number of hydrogen-bond acceptors (Lipinski definition) is 4. The largest absolute Gasteiger partial charge is 0.497 e. The van der Waals surface area contributed by atoms with Crippen LogP contribution in [0.4, 0.5) is 5.69 Å². The Morgan fingerprint density at radius 3 is 2.86 bits per heavy atom. The van der Waals surface area contributed by atoms with E-state index in [1.165, 1.54) is 0 Å². The Hall–Kier alpha value is -1.46. The molecule has 6 heteroatoms. The molecule has 1 fully saturated rings. The maximum absolute atomic E-state index is 12.4. The summed E-state index contributed by atoms with van der Waals surface area (Å²) in [7, 11) is 1.61. The van der Waals surface area contributed by atoms with Crippen LogP contribution in [0.3, 0.4) is 0 Å². The molecule has 0 aromatic heterocycles. The van der Waals surface area contributed by atoms with Crippen LogP contribution in [0, 0.1) is 5.92 Å². The summed E-state index contributed by atoms with van der Waals surface area (Å²) in [6.45, 7) is 5.47. The molecule has 0 radical (unpaired) electrons. The summed E-state index contributed by atoms with van der Waals surface area (Å²) in [4.78, 5) is 12.4. The van der Waals surface area contributed by atoms with Crippen molar-refractivity contribution in [2.45, 2.75) is 32.7 Å². The average molecular weight is 329 g/mol. The summed E-state index contributed by atoms with van der Waals surface area (Å²) in [5.41, 5.74) is 0.674. The first-order valence-corrected chi connectivity index (χ1v) is 7.49. The molecule has 1 aliphatic rings. The molecule has 0 bridgehead atoms. The van der Waals surface area contributed by atoms with Crippen LogP contribution in [0.25, 0.3) is 0 Å². The summed E-state index contributed by atoms with van der Waals surface area (Å²) in [5.74, 6) is 1.47. The molecule has 0 aliphatic carbocycles. The summed E-state index contributed by atoms with van der Waals surface area (Å²) < 4.78 is 10.8. The SMILES string of the molecule is CCOc1ccc(OC)cc1NC(=O)[C@H]1CCN[C@@H](C)C1.Cl. The first-order valence-electron chi connectivity index (χ1n) is 7.49. The third kappa shape index (κ3) is 4.78. The van der Waals surface area contributed by atoms with Gasteiger partial charge in [-0.15, -0.1) is 12.4 Å². The zero-order valence-electron chi connectivity index (χ0n) is 13.3. The van der Waals surface area contributed by atoms with Gasteiger partial charge in [0.25, 0.3) is 0 Å². The lowest BCUT2D eigenvalue weighted by atomic mass is 9.92. The lowest BCUT2D eigenvalue weighted by molar-refractivity contribution is -0.120. The first kappa shape index (κ1) is 18.6. The molecule has 5 nitrogen and oxygen atoms in total. The third-order valence-electron chi connectivity index (χ3n) is 3.74. The van der Waals surface area contributed by atoms with Gasteiger partial charge >= 0.3 is 0 Å². The molecule has 1 saturated heterocycles. The Morgan fingerprint density at radius 2 is 2.23 bits per heavy atom. The molecule has 2 N–H and O–H groups in total. The van der Waals surface area contributed by atoms with Crippen molar-refractivity contribution in [3.63, 3.8) is 0 Å². The number of carbonyl (C=O) groups excluding carboxylic acids is 1. The second kappa shape index (κ2) is 8.86. The fraction of sp³-hybridized carbons (Fsp3) is 0.562. The number of piperidine rings is 1. The van der Waals surface area contributed by atoms with E-state index in [1.54, 1.807) is 13.2 Å². The highest BCUT2D eigenvalue weighted by atomic mass is 35.5. The van der Waals surface area contributed by atoms with Crippen LogP contribution in [0.5, 0.6) is 11.5 Å². The van der Waals surface area contributed by atoms with Gasteiger partial charge in [0.15, 0.2) is 0 Å². The normalized spacial score (nSPS) is 20.7. The van der Waals surface area contributed by atoms with Gasteiger partial charge < -0.3 is 20.1 Å². The number of methoxy groups -OCH3 is 1. The molecule has 2 atom stereocenters. The van der Waals surface area contributed by atoms with Crippen LogP contribution in [0.2, 0.25) is 0 Å². The highest BCUT2D eigenvalue weighted by Gasteiger charge is 2.25. The Balaban J connectivity index is 0.00000242. The number of amides is 1. The lowest BCUT2D eigenvalue weighted by Gasteiger charge is -2.27. The fourth-order valence-electron chi connectivity index (χ4n) is 2.62. The van der Waals surface area contributed by atoms with E-state index < -0.39 is 0 Å². The zero-order valence-corrected chi connectivity index (χ0v) is 14.2. The predicted octanol–water partition coefficient (Wildman–Crippen LogP) is 2.84. The van der Waals surface area contributed by atoms with Crippen molar-refractivity contribution >= 4 is 24.0 Å². The number of benzene rings is 1. The quantitative estimate of drug-likeness (QED) is 0.872. The lowest BCUT2D eigenvalue weighted by Crippen LogP contribution is -2.40. The first-order chi connectivity index (χ1) is 10.1. The van der Waals surface area contributed by atoms with Crippen molar-refractivity contribution in [1.82, 2.24) is 5.32 Å². The van der Waals surface area contributed by atoms with Crippen molar-refractivity contribution in [3.05, 3.63) is 18.2 Å². The Morgan fingerprint density at radius 1 is 1.45 bits per heavy atom. The highest BCUT2D eigenvalue weighted by molar-refractivity contribution is 5.94. The van der Waals surface area contributed by atoms with E-state index in [9.17, 15) is 4.79 Å². The van der Waals surface area contributed by atoms with Gasteiger partial charge in [0, 0.05) is 18.0 Å². The average Bonchev–Trinajstić information content (AvgIpc) is 2.49. The van der Waals surface area contributed by atoms with Crippen molar-refractivity contribution in [3.8, 4) is 11.5 Å². The monoisotopic (exact) mass is 328 g/mol. The molecule has 124 valence electrons. The van der Waals surface area contributed by atoms with Gasteiger partial charge in [0.1, 0.15) is 11.5 Å². The Kier molecular flexibility index (Phi) is 7.48. The summed E-state index contributed by atoms with van der Waals surface area (Å²) in [5, 5.41) is 6.34. The molecule has 0 unspecified atom stereocenters. The van der Waals surface area contributed by atoms with Crippen LogP contribution in [0.15, 0.2) is 18.2 Å². The van der Waals surface area contributed by atoms with E-state index in [-0.39, 0.29) is 24.2 Å². The minimum absolute atomic E-state index is 0. The minimum Gasteiger partial charge on any atom is -0.497 e. The van der Waals surface area contributed by atoms with Gasteiger partial charge in [-0.25, -0.2) is 0 Å². The van der Waals surface area contributed by atoms with E-state index in [4.69, 9.17) is 9.47 Å². The predicted molar refractivity (Wildman–Crippen MR) is 90.2 cm³/mol. The highest BCUT2D eigenvalue weighted by Crippen LogP contribution is 2.30.